The van der Waals surface area contributed by atoms with Crippen LogP contribution in [0.4, 0.5) is 4.39 Å². The summed E-state index contributed by atoms with van der Waals surface area (Å²) in [5.74, 6) is 0.684. The van der Waals surface area contributed by atoms with Gasteiger partial charge in [-0.15, -0.1) is 0 Å². The van der Waals surface area contributed by atoms with E-state index in [1.807, 2.05) is 6.08 Å². The summed E-state index contributed by atoms with van der Waals surface area (Å²) in [6.07, 6.45) is 14.0. The van der Waals surface area contributed by atoms with Crippen molar-refractivity contribution in [2.45, 2.75) is 50.6 Å². The Hall–Kier alpha value is 0.0700. The maximum Gasteiger partial charge on any atom is 0.136 e. The maximum atomic E-state index is 13.9. The van der Waals surface area contributed by atoms with Gasteiger partial charge in [-0.25, -0.2) is 4.39 Å². The van der Waals surface area contributed by atoms with Crippen LogP contribution >= 0.6 is 18.5 Å². The monoisotopic (exact) mass is 289 g/mol. The first kappa shape index (κ1) is 16.1. The van der Waals surface area contributed by atoms with Gasteiger partial charge >= 0.3 is 0 Å². The van der Waals surface area contributed by atoms with E-state index >= 15 is 0 Å². The third-order valence-electron chi connectivity index (χ3n) is 3.60. The van der Waals surface area contributed by atoms with E-state index < -0.39 is 5.15 Å². The highest BCUT2D eigenvalue weighted by molar-refractivity contribution is 7.39. The maximum absolute atomic E-state index is 13.9. The highest BCUT2D eigenvalue weighted by Crippen LogP contribution is 2.46. The third-order valence-corrected chi connectivity index (χ3v) is 4.01. The topological polar surface area (TPSA) is 26.0 Å². The summed E-state index contributed by atoms with van der Waals surface area (Å²) in [6, 6.07) is 0. The Balaban J connectivity index is 2.66. The number of hydrogen-bond donors (Lipinski definition) is 1. The Morgan fingerprint density at radius 3 is 2.67 bits per heavy atom. The molecule has 1 aliphatic carbocycles. The van der Waals surface area contributed by atoms with Crippen molar-refractivity contribution in [2.75, 3.05) is 0 Å². The molecule has 0 aliphatic heterocycles. The second kappa shape index (κ2) is 7.01. The largest absolute Gasteiger partial charge is 0.405 e. The van der Waals surface area contributed by atoms with E-state index in [0.717, 1.165) is 25.7 Å². The zero-order valence-corrected chi connectivity index (χ0v) is 13.5. The standard InChI is InChI=1S/C14H26FNP2/c1-13(8-5-9-16,11-14(15,17)18)10-12-6-3-2-4-7-12/h2-3,5,9,12H,4,6-8,10-11,16-18H2,1H3/b9-5+/t12-,13?/m0/s1. The van der Waals surface area contributed by atoms with Crippen molar-refractivity contribution in [1.82, 2.24) is 0 Å². The van der Waals surface area contributed by atoms with Crippen LogP contribution < -0.4 is 5.73 Å². The number of nitrogens with two attached hydrogens (primary N) is 1. The fourth-order valence-corrected chi connectivity index (χ4v) is 3.96. The second-order valence-electron chi connectivity index (χ2n) is 5.90. The van der Waals surface area contributed by atoms with Crippen molar-refractivity contribution in [1.29, 1.82) is 0 Å². The van der Waals surface area contributed by atoms with Gasteiger partial charge in [0.15, 0.2) is 0 Å². The van der Waals surface area contributed by atoms with E-state index in [4.69, 9.17) is 5.73 Å². The number of halogens is 1. The van der Waals surface area contributed by atoms with Crippen molar-refractivity contribution in [3.05, 3.63) is 24.4 Å². The minimum Gasteiger partial charge on any atom is -0.405 e. The summed E-state index contributed by atoms with van der Waals surface area (Å²) in [7, 11) is 4.58. The predicted octanol–water partition coefficient (Wildman–Crippen LogP) is 4.37. The molecule has 1 aliphatic rings. The van der Waals surface area contributed by atoms with Crippen LogP contribution in [0.3, 0.4) is 0 Å². The van der Waals surface area contributed by atoms with Crippen LogP contribution in [0.1, 0.15) is 45.4 Å². The van der Waals surface area contributed by atoms with Crippen LogP contribution in [0.15, 0.2) is 24.4 Å². The highest BCUT2D eigenvalue weighted by atomic mass is 31.1. The molecule has 18 heavy (non-hydrogen) atoms. The van der Waals surface area contributed by atoms with Crippen molar-refractivity contribution in [2.24, 2.45) is 17.1 Å². The molecule has 1 rings (SSSR count). The number of alkyl halides is 1. The summed E-state index contributed by atoms with van der Waals surface area (Å²) in [5.41, 5.74) is 5.41. The van der Waals surface area contributed by atoms with E-state index in [2.05, 4.69) is 37.6 Å². The van der Waals surface area contributed by atoms with Gasteiger partial charge in [0.1, 0.15) is 5.15 Å². The number of rotatable bonds is 6. The molecule has 4 heteroatoms. The van der Waals surface area contributed by atoms with Crippen molar-refractivity contribution in [3.8, 4) is 0 Å². The molecular formula is C14H26FNP2. The predicted molar refractivity (Wildman–Crippen MR) is 85.0 cm³/mol. The van der Waals surface area contributed by atoms with E-state index in [0.29, 0.717) is 12.3 Å². The average Bonchev–Trinajstić information content (AvgIpc) is 2.25. The summed E-state index contributed by atoms with van der Waals surface area (Å²) in [5, 5.41) is -1.28. The molecule has 0 bridgehead atoms. The average molecular weight is 289 g/mol. The lowest BCUT2D eigenvalue weighted by Crippen LogP contribution is -2.26. The SMILES string of the molecule is CC(C/C=C/N)(C[C@H]1CC=CCC1)CC(F)(P)P. The van der Waals surface area contributed by atoms with E-state index in [9.17, 15) is 4.39 Å². The van der Waals surface area contributed by atoms with Gasteiger partial charge in [0.2, 0.25) is 0 Å². The smallest absolute Gasteiger partial charge is 0.136 e. The van der Waals surface area contributed by atoms with Crippen LogP contribution in [0.25, 0.3) is 0 Å². The molecule has 0 saturated heterocycles. The molecule has 2 N–H and O–H groups in total. The molecule has 4 atom stereocenters. The fraction of sp³-hybridized carbons (Fsp3) is 0.714. The minimum atomic E-state index is -1.28. The van der Waals surface area contributed by atoms with E-state index in [1.54, 1.807) is 6.20 Å². The third kappa shape index (κ3) is 6.30. The zero-order valence-electron chi connectivity index (χ0n) is 11.2. The Morgan fingerprint density at radius 2 is 2.17 bits per heavy atom. The zero-order chi connectivity index (χ0) is 13.6. The Morgan fingerprint density at radius 1 is 1.44 bits per heavy atom. The molecule has 104 valence electrons. The van der Waals surface area contributed by atoms with E-state index in [-0.39, 0.29) is 5.41 Å². The molecule has 0 spiro atoms. The number of hydrogen-bond acceptors (Lipinski definition) is 1. The Bertz CT molecular complexity index is 309. The molecule has 0 aromatic heterocycles. The molecule has 0 radical (unpaired) electrons. The molecule has 0 aromatic carbocycles. The van der Waals surface area contributed by atoms with Crippen molar-refractivity contribution >= 4 is 18.5 Å². The molecule has 1 nitrogen and oxygen atoms in total. The molecule has 0 fully saturated rings. The van der Waals surface area contributed by atoms with Crippen LogP contribution in [-0.2, 0) is 0 Å². The van der Waals surface area contributed by atoms with Gasteiger partial charge in [-0.2, -0.15) is 0 Å². The van der Waals surface area contributed by atoms with E-state index in [1.165, 1.54) is 6.42 Å². The molecular weight excluding hydrogens is 263 g/mol. The van der Waals surface area contributed by atoms with Crippen LogP contribution in [0.5, 0.6) is 0 Å². The molecule has 0 heterocycles. The van der Waals surface area contributed by atoms with Gasteiger partial charge in [0.05, 0.1) is 0 Å². The molecule has 0 aromatic rings. The fourth-order valence-electron chi connectivity index (χ4n) is 2.97. The summed E-state index contributed by atoms with van der Waals surface area (Å²) in [4.78, 5) is 0. The summed E-state index contributed by atoms with van der Waals surface area (Å²) < 4.78 is 13.9. The summed E-state index contributed by atoms with van der Waals surface area (Å²) in [6.45, 7) is 2.17. The lowest BCUT2D eigenvalue weighted by molar-refractivity contribution is 0.173. The van der Waals surface area contributed by atoms with Gasteiger partial charge in [0.25, 0.3) is 0 Å². The first-order chi connectivity index (χ1) is 8.35. The summed E-state index contributed by atoms with van der Waals surface area (Å²) >= 11 is 0. The molecule has 0 amide bonds. The van der Waals surface area contributed by atoms with Crippen LogP contribution in [-0.4, -0.2) is 5.15 Å². The quantitative estimate of drug-likeness (QED) is 0.570. The number of allylic oxidation sites excluding steroid dienone is 3. The second-order valence-corrected chi connectivity index (χ2v) is 8.49. The minimum absolute atomic E-state index is 0.0238. The first-order valence-corrected chi connectivity index (χ1v) is 7.78. The normalized spacial score (nSPS) is 24.3. The molecule has 3 unspecified atom stereocenters. The Labute approximate surface area is 115 Å². The van der Waals surface area contributed by atoms with Gasteiger partial charge in [-0.05, 0) is 56.1 Å². The van der Waals surface area contributed by atoms with Crippen LogP contribution in [0.2, 0.25) is 0 Å². The van der Waals surface area contributed by atoms with Crippen molar-refractivity contribution in [3.63, 3.8) is 0 Å². The van der Waals surface area contributed by atoms with Gasteiger partial charge < -0.3 is 5.73 Å². The first-order valence-electron chi connectivity index (χ1n) is 6.63. The van der Waals surface area contributed by atoms with Crippen LogP contribution in [0, 0.1) is 11.3 Å². The lowest BCUT2D eigenvalue weighted by atomic mass is 9.73. The van der Waals surface area contributed by atoms with Crippen molar-refractivity contribution < 1.29 is 4.39 Å². The van der Waals surface area contributed by atoms with Gasteiger partial charge in [-0.3, -0.25) is 0 Å². The lowest BCUT2D eigenvalue weighted by Gasteiger charge is -2.36. The van der Waals surface area contributed by atoms with Gasteiger partial charge in [0, 0.05) is 0 Å². The highest BCUT2D eigenvalue weighted by Gasteiger charge is 2.34. The Kier molecular flexibility index (Phi) is 6.28. The molecule has 0 saturated carbocycles. The van der Waals surface area contributed by atoms with Gasteiger partial charge in [-0.1, -0.05) is 43.6 Å².